The highest BCUT2D eigenvalue weighted by Crippen LogP contribution is 2.62. The first-order valence-electron chi connectivity index (χ1n) is 6.57. The van der Waals surface area contributed by atoms with E-state index in [-0.39, 0.29) is 94.9 Å². The Morgan fingerprint density at radius 3 is 0.800 bits per heavy atom. The molecule has 30 heavy (non-hydrogen) atoms. The summed E-state index contributed by atoms with van der Waals surface area (Å²) in [6, 6.07) is 32.1. The molecule has 0 bridgehead atoms. The maximum absolute atomic E-state index is 4.12. The summed E-state index contributed by atoms with van der Waals surface area (Å²) in [7, 11) is 0. The molecule has 0 heterocycles. The third-order valence-corrected chi connectivity index (χ3v) is 10.1. The van der Waals surface area contributed by atoms with Crippen molar-refractivity contribution in [2.24, 2.45) is 0 Å². The lowest BCUT2D eigenvalue weighted by Gasteiger charge is -2.19. The van der Waals surface area contributed by atoms with Crippen molar-refractivity contribution in [1.29, 1.82) is 0 Å². The van der Waals surface area contributed by atoms with Crippen molar-refractivity contribution in [2.75, 3.05) is 0 Å². The molecule has 0 spiro atoms. The Bertz CT molecular complexity index is 610. The van der Waals surface area contributed by atoms with Gasteiger partial charge in [-0.05, 0) is 36.4 Å². The second kappa shape index (κ2) is 25.2. The molecule has 3 aromatic rings. The molecule has 5 nitrogen and oxygen atoms in total. The van der Waals surface area contributed by atoms with E-state index in [0.717, 1.165) is 0 Å². The first kappa shape index (κ1) is 52.1. The van der Waals surface area contributed by atoms with Gasteiger partial charge in [-0.15, -0.1) is 58.8 Å². The van der Waals surface area contributed by atoms with Crippen molar-refractivity contribution < 1.29 is 16.4 Å². The fourth-order valence-electron chi connectivity index (χ4n) is 2.35. The molecule has 0 aliphatic rings. The summed E-state index contributed by atoms with van der Waals surface area (Å²) in [5, 5.41) is 4.03. The molecule has 3 rings (SSSR count). The van der Waals surface area contributed by atoms with E-state index in [9.17, 15) is 0 Å². The van der Waals surface area contributed by atoms with Crippen LogP contribution in [-0.4, -0.2) is 16.4 Å². The van der Waals surface area contributed by atoms with Gasteiger partial charge < -0.3 is 28.7 Å². The van der Waals surface area contributed by atoms with E-state index in [1.165, 1.54) is 15.9 Å². The number of hydrogen-bond donors (Lipinski definition) is 2. The molecular formula is C19H35Br3Cl2N2O3P+. The van der Waals surface area contributed by atoms with Gasteiger partial charge in [0.05, 0.1) is 0 Å². The highest BCUT2D eigenvalue weighted by molar-refractivity contribution is 9.44. The van der Waals surface area contributed by atoms with Gasteiger partial charge in [0.1, 0.15) is 15.9 Å². The summed E-state index contributed by atoms with van der Waals surface area (Å²) in [5.41, 5.74) is 0. The van der Waals surface area contributed by atoms with E-state index < -0.39 is 5.96 Å². The average molecular weight is 681 g/mol. The largest absolute Gasteiger partial charge is 0.412 e. The van der Waals surface area contributed by atoms with Crippen LogP contribution in [0, 0.1) is 0 Å². The van der Waals surface area contributed by atoms with Crippen LogP contribution in [0.25, 0.3) is 0 Å². The number of hydrogen-bond acceptors (Lipinski definition) is 2. The van der Waals surface area contributed by atoms with Crippen LogP contribution in [-0.2, 0) is 0 Å². The minimum Gasteiger partial charge on any atom is -0.412 e. The predicted octanol–water partition coefficient (Wildman–Crippen LogP) is 4.78. The first-order chi connectivity index (χ1) is 9.82. The molecule has 3 aromatic carbocycles. The fourth-order valence-corrected chi connectivity index (χ4v) is 7.12. The van der Waals surface area contributed by atoms with Crippen LogP contribution in [0.2, 0.25) is 0 Å². The van der Waals surface area contributed by atoms with Crippen molar-refractivity contribution in [3.8, 4) is 0 Å². The lowest BCUT2D eigenvalue weighted by Crippen LogP contribution is -2.26. The molecule has 12 N–H and O–H groups in total. The van der Waals surface area contributed by atoms with Crippen LogP contribution < -0.4 is 28.2 Å². The second-order valence-electron chi connectivity index (χ2n) is 4.60. The summed E-state index contributed by atoms with van der Waals surface area (Å²) in [6.45, 7) is 0. The Hall–Kier alpha value is -0.0900. The Morgan fingerprint density at radius 2 is 0.633 bits per heavy atom. The molecular weight excluding hydrogens is 646 g/mol. The Labute approximate surface area is 222 Å². The number of benzene rings is 3. The van der Waals surface area contributed by atoms with Gasteiger partial charge in [0, 0.05) is 0 Å². The molecule has 0 aliphatic heterocycles. The highest BCUT2D eigenvalue weighted by Gasteiger charge is 2.43. The van der Waals surface area contributed by atoms with E-state index in [2.05, 4.69) is 106 Å². The molecule has 0 amide bonds. The van der Waals surface area contributed by atoms with Gasteiger partial charge >= 0.3 is 0 Å². The quantitative estimate of drug-likeness (QED) is 0.381. The van der Waals surface area contributed by atoms with Crippen molar-refractivity contribution in [3.05, 3.63) is 91.0 Å². The van der Waals surface area contributed by atoms with Crippen molar-refractivity contribution in [3.63, 3.8) is 0 Å². The zero-order chi connectivity index (χ0) is 13.8. The normalized spacial score (nSPS) is 7.50. The summed E-state index contributed by atoms with van der Waals surface area (Å²) in [4.78, 5) is 0. The summed E-state index contributed by atoms with van der Waals surface area (Å²) in [5.74, 6) is -1.71. The van der Waals surface area contributed by atoms with Gasteiger partial charge in [-0.25, -0.2) is 0 Å². The monoisotopic (exact) mass is 677 g/mol. The lowest BCUT2D eigenvalue weighted by molar-refractivity contribution is 0.823. The predicted molar refractivity (Wildman–Crippen MR) is 157 cm³/mol. The molecule has 0 aliphatic carbocycles. The van der Waals surface area contributed by atoms with Gasteiger partial charge in [0.25, 0.3) is 0 Å². The van der Waals surface area contributed by atoms with E-state index in [1.807, 2.05) is 0 Å². The number of halogens is 5. The molecule has 11 heteroatoms. The van der Waals surface area contributed by atoms with Gasteiger partial charge in [-0.3, -0.25) is 0 Å². The zero-order valence-corrected chi connectivity index (χ0v) is 23.1. The summed E-state index contributed by atoms with van der Waals surface area (Å²) >= 11 is 4.12. The topological polar surface area (TPSA) is 164 Å². The summed E-state index contributed by atoms with van der Waals surface area (Å²) in [6.07, 6.45) is 0. The molecule has 0 fully saturated rings. The third kappa shape index (κ3) is 11.5. The lowest BCUT2D eigenvalue weighted by atomic mass is 10.4. The molecule has 0 atom stereocenters. The van der Waals surface area contributed by atoms with Crippen LogP contribution in [0.3, 0.4) is 0 Å². The van der Waals surface area contributed by atoms with Crippen LogP contribution in [0.4, 0.5) is 0 Å². The zero-order valence-electron chi connectivity index (χ0n) is 15.5. The van der Waals surface area contributed by atoms with Gasteiger partial charge in [-0.1, -0.05) is 62.0 Å². The maximum Gasteiger partial charge on any atom is 0.181 e. The molecule has 0 saturated carbocycles. The Balaban J connectivity index is -0.0000000807. The van der Waals surface area contributed by atoms with Crippen LogP contribution in [0.5, 0.6) is 0 Å². The second-order valence-corrected chi connectivity index (χ2v) is 10.5. The Morgan fingerprint density at radius 1 is 0.467 bits per heavy atom. The molecule has 0 aromatic heterocycles. The molecule has 178 valence electrons. The van der Waals surface area contributed by atoms with Crippen molar-refractivity contribution >= 4 is 96.1 Å². The van der Waals surface area contributed by atoms with E-state index in [4.69, 9.17) is 0 Å². The Kier molecular flexibility index (Phi) is 43.7. The first-order valence-corrected chi connectivity index (χ1v) is 10.4. The maximum atomic E-state index is 4.12. The fraction of sp³-hybridized carbons (Fsp3) is 0.0526. The van der Waals surface area contributed by atoms with E-state index in [1.54, 1.807) is 0 Å². The standard InChI is InChI=1S/C18H15BrP.CH4.2BrH.2ClH.2H3N.3H2O/c19-20(16-10-4-1-5-11-16,17-12-6-2-7-13-17)18-14-8-3-9-15-18;;;;;;;;;;/h1-15H;1H4;4*1H;2*1H3;3*1H2/q+1;;;;;;;;;;. The molecule has 0 unspecified atom stereocenters. The highest BCUT2D eigenvalue weighted by atomic mass is 79.9. The average Bonchev–Trinajstić information content (AvgIpc) is 2.56. The SMILES string of the molecule is Br.Br.Br[P+](c1ccccc1)(c1ccccc1)c1ccccc1.C.Cl.Cl.N.N.O.O.O. The van der Waals surface area contributed by atoms with E-state index >= 15 is 0 Å². The minimum absolute atomic E-state index is 0. The van der Waals surface area contributed by atoms with E-state index in [0.29, 0.717) is 0 Å². The smallest absolute Gasteiger partial charge is 0.181 e. The van der Waals surface area contributed by atoms with Gasteiger partial charge in [0.2, 0.25) is 0 Å². The molecule has 0 radical (unpaired) electrons. The number of rotatable bonds is 3. The van der Waals surface area contributed by atoms with Crippen molar-refractivity contribution in [1.82, 2.24) is 12.3 Å². The van der Waals surface area contributed by atoms with Crippen LogP contribution in [0.1, 0.15) is 7.43 Å². The van der Waals surface area contributed by atoms with Crippen molar-refractivity contribution in [2.45, 2.75) is 7.43 Å². The minimum atomic E-state index is -1.71. The summed E-state index contributed by atoms with van der Waals surface area (Å²) < 4.78 is 0. The van der Waals surface area contributed by atoms with Crippen LogP contribution >= 0.6 is 80.2 Å². The molecule has 0 saturated heterocycles. The van der Waals surface area contributed by atoms with Crippen LogP contribution in [0.15, 0.2) is 91.0 Å². The third-order valence-electron chi connectivity index (χ3n) is 3.34. The van der Waals surface area contributed by atoms with Gasteiger partial charge in [0.15, 0.2) is 21.5 Å². The van der Waals surface area contributed by atoms with Gasteiger partial charge in [-0.2, -0.15) is 0 Å².